The van der Waals surface area contributed by atoms with Gasteiger partial charge in [-0.3, -0.25) is 0 Å². The monoisotopic (exact) mass is 1000 g/mol. The van der Waals surface area contributed by atoms with Crippen LogP contribution in [-0.4, -0.2) is 28.2 Å². The van der Waals surface area contributed by atoms with Gasteiger partial charge in [0.2, 0.25) is 0 Å². The number of benzene rings is 9. The van der Waals surface area contributed by atoms with Gasteiger partial charge >= 0.3 is 0 Å². The topological polar surface area (TPSA) is 48.5 Å². The Bertz CT molecular complexity index is 4360. The summed E-state index contributed by atoms with van der Waals surface area (Å²) in [6, 6.07) is 64.4. The van der Waals surface area contributed by atoms with Crippen molar-refractivity contribution < 1.29 is 13.6 Å². The summed E-state index contributed by atoms with van der Waals surface area (Å²) in [5.41, 5.74) is 23.6. The molecule has 3 heterocycles. The first kappa shape index (κ1) is 45.5. The number of allylic oxidation sites excluding steroid dienone is 3. The number of ether oxygens (including phenoxy) is 1. The SMILES string of the molecule is CN(C)c1ccc(N(C2=CCC3C(=C2)Oc2ccc4oc5c(ccc6oc7cc(N(c8ccc(N(C)C)cc8)c8ccc9c(c8)C(C)(C)c8ccccc8-9)ccc7c65)c4c23)c2ccc3c(c2)C(C)(C)c2ccccc2-3)cc1. The van der Waals surface area contributed by atoms with Crippen molar-refractivity contribution in [2.75, 3.05) is 47.8 Å². The molecule has 1 atom stereocenters. The number of rotatable bonds is 8. The van der Waals surface area contributed by atoms with Gasteiger partial charge in [0.1, 0.15) is 33.8 Å². The summed E-state index contributed by atoms with van der Waals surface area (Å²) >= 11 is 0. The van der Waals surface area contributed by atoms with Gasteiger partial charge in [0.15, 0.2) is 0 Å². The van der Waals surface area contributed by atoms with Crippen LogP contribution in [0.2, 0.25) is 0 Å². The van der Waals surface area contributed by atoms with Crippen molar-refractivity contribution in [2.45, 2.75) is 50.9 Å². The van der Waals surface area contributed by atoms with Gasteiger partial charge in [0.05, 0.1) is 11.3 Å². The van der Waals surface area contributed by atoms with Crippen LogP contribution in [-0.2, 0) is 10.8 Å². The predicted molar refractivity (Wildman–Crippen MR) is 319 cm³/mol. The standard InChI is InChI=1S/C70H58N4O3/c1-69(2)56-15-11-9-13-49(56)51-29-25-45(37-58(51)69)73(43-21-17-41(18-22-43)71(5)6)47-27-31-53-63(39-47)75-60-35-36-61-66(65(53)60)55-33-34-62-67(68(55)77-61)54-32-28-48(40-64(54)76-62)74(44-23-19-42(20-24-44)72(7)8)46-26-30-52-50-14-10-12-16-57(50)70(3,4)59(52)38-46/h9-30,32-40,53H,31H2,1-8H3. The molecule has 0 bridgehead atoms. The summed E-state index contributed by atoms with van der Waals surface area (Å²) < 4.78 is 20.7. The maximum absolute atomic E-state index is 6.97. The molecule has 9 aromatic carbocycles. The van der Waals surface area contributed by atoms with E-state index in [4.69, 9.17) is 13.6 Å². The molecule has 0 fully saturated rings. The second-order valence-electron chi connectivity index (χ2n) is 22.9. The van der Waals surface area contributed by atoms with E-state index in [2.05, 4.69) is 264 Å². The van der Waals surface area contributed by atoms with Gasteiger partial charge in [-0.1, -0.05) is 94.4 Å². The van der Waals surface area contributed by atoms with Gasteiger partial charge in [0.25, 0.3) is 0 Å². The molecule has 0 amide bonds. The van der Waals surface area contributed by atoms with Gasteiger partial charge in [-0.2, -0.15) is 0 Å². The predicted octanol–water partition coefficient (Wildman–Crippen LogP) is 18.2. The molecule has 0 radical (unpaired) electrons. The normalized spacial score (nSPS) is 16.1. The van der Waals surface area contributed by atoms with E-state index < -0.39 is 0 Å². The number of anilines is 7. The fraction of sp³-hybridized carbons (Fsp3) is 0.171. The third-order valence-corrected chi connectivity index (χ3v) is 17.4. The lowest BCUT2D eigenvalue weighted by Crippen LogP contribution is -2.20. The molecular weight excluding hydrogens is 945 g/mol. The highest BCUT2D eigenvalue weighted by molar-refractivity contribution is 6.23. The molecular formula is C70H58N4O3. The Morgan fingerprint density at radius 1 is 0.429 bits per heavy atom. The molecule has 0 saturated heterocycles. The number of nitrogens with zero attached hydrogens (tertiary/aromatic N) is 4. The second-order valence-corrected chi connectivity index (χ2v) is 22.9. The molecule has 7 nitrogen and oxygen atoms in total. The molecule has 7 heteroatoms. The van der Waals surface area contributed by atoms with Crippen molar-refractivity contribution in [1.29, 1.82) is 0 Å². The molecule has 11 aromatic rings. The highest BCUT2D eigenvalue weighted by Gasteiger charge is 2.39. The van der Waals surface area contributed by atoms with Gasteiger partial charge < -0.3 is 33.2 Å². The third kappa shape index (κ3) is 6.62. The van der Waals surface area contributed by atoms with Crippen LogP contribution >= 0.6 is 0 Å². The molecule has 2 aromatic heterocycles. The van der Waals surface area contributed by atoms with Crippen molar-refractivity contribution >= 4 is 83.7 Å². The van der Waals surface area contributed by atoms with Crippen molar-refractivity contribution in [3.8, 4) is 28.0 Å². The smallest absolute Gasteiger partial charge is 0.147 e. The number of hydrogen-bond donors (Lipinski definition) is 0. The Kier molecular flexibility index (Phi) is 9.61. The molecule has 77 heavy (non-hydrogen) atoms. The summed E-state index contributed by atoms with van der Waals surface area (Å²) in [5.74, 6) is 1.85. The van der Waals surface area contributed by atoms with E-state index in [0.29, 0.717) is 0 Å². The van der Waals surface area contributed by atoms with Crippen molar-refractivity contribution in [3.05, 3.63) is 227 Å². The first-order valence-corrected chi connectivity index (χ1v) is 26.9. The van der Waals surface area contributed by atoms with E-state index in [0.717, 1.165) is 107 Å². The van der Waals surface area contributed by atoms with E-state index in [9.17, 15) is 0 Å². The first-order chi connectivity index (χ1) is 37.3. The zero-order valence-corrected chi connectivity index (χ0v) is 44.7. The lowest BCUT2D eigenvalue weighted by atomic mass is 9.82. The summed E-state index contributed by atoms with van der Waals surface area (Å²) in [5, 5.41) is 4.15. The van der Waals surface area contributed by atoms with E-state index in [-0.39, 0.29) is 16.7 Å². The minimum atomic E-state index is -0.140. The van der Waals surface area contributed by atoms with Crippen LogP contribution in [0.15, 0.2) is 208 Å². The van der Waals surface area contributed by atoms with E-state index >= 15 is 0 Å². The summed E-state index contributed by atoms with van der Waals surface area (Å²) in [6.45, 7) is 9.38. The number of fused-ring (bicyclic) bond motifs is 17. The fourth-order valence-corrected chi connectivity index (χ4v) is 13.4. The zero-order chi connectivity index (χ0) is 52.2. The molecule has 3 aliphatic carbocycles. The average molecular weight is 1000 g/mol. The Morgan fingerprint density at radius 3 is 1.55 bits per heavy atom. The second kappa shape index (κ2) is 16.3. The first-order valence-electron chi connectivity index (χ1n) is 26.9. The van der Waals surface area contributed by atoms with Gasteiger partial charge in [-0.05, 0) is 160 Å². The quantitative estimate of drug-likeness (QED) is 0.150. The summed E-state index contributed by atoms with van der Waals surface area (Å²) in [7, 11) is 8.33. The van der Waals surface area contributed by atoms with Crippen LogP contribution in [0.3, 0.4) is 0 Å². The number of hydrogen-bond acceptors (Lipinski definition) is 7. The molecule has 0 N–H and O–H groups in total. The third-order valence-electron chi connectivity index (χ3n) is 17.4. The van der Waals surface area contributed by atoms with Gasteiger partial charge in [-0.25, -0.2) is 0 Å². The van der Waals surface area contributed by atoms with Crippen LogP contribution in [0.1, 0.15) is 67.9 Å². The van der Waals surface area contributed by atoms with Crippen LogP contribution in [0.25, 0.3) is 66.1 Å². The maximum atomic E-state index is 6.97. The number of furan rings is 2. The Hall–Kier alpha value is -8.94. The van der Waals surface area contributed by atoms with Crippen LogP contribution < -0.4 is 24.3 Å². The molecule has 0 saturated carbocycles. The lowest BCUT2D eigenvalue weighted by Gasteiger charge is -2.31. The maximum Gasteiger partial charge on any atom is 0.147 e. The Balaban J connectivity index is 0.810. The van der Waals surface area contributed by atoms with E-state index in [1.807, 2.05) is 0 Å². The van der Waals surface area contributed by atoms with Crippen molar-refractivity contribution in [1.82, 2.24) is 0 Å². The Morgan fingerprint density at radius 2 is 0.922 bits per heavy atom. The molecule has 376 valence electrons. The van der Waals surface area contributed by atoms with Gasteiger partial charge in [-0.15, -0.1) is 0 Å². The molecule has 1 aliphatic heterocycles. The highest BCUT2D eigenvalue weighted by Crippen LogP contribution is 2.55. The summed E-state index contributed by atoms with van der Waals surface area (Å²) in [6.07, 6.45) is 5.43. The van der Waals surface area contributed by atoms with E-state index in [1.165, 1.54) is 50.1 Å². The zero-order valence-electron chi connectivity index (χ0n) is 44.7. The minimum absolute atomic E-state index is 0.0285. The summed E-state index contributed by atoms with van der Waals surface area (Å²) in [4.78, 5) is 9.03. The molecule has 0 spiro atoms. The van der Waals surface area contributed by atoms with Crippen LogP contribution in [0, 0.1) is 0 Å². The Labute approximate surface area is 449 Å². The molecule has 1 unspecified atom stereocenters. The van der Waals surface area contributed by atoms with Crippen LogP contribution in [0.4, 0.5) is 39.8 Å². The molecule has 15 rings (SSSR count). The lowest BCUT2D eigenvalue weighted by molar-refractivity contribution is 0.424. The van der Waals surface area contributed by atoms with Crippen molar-refractivity contribution in [2.24, 2.45) is 0 Å². The fourth-order valence-electron chi connectivity index (χ4n) is 13.4. The van der Waals surface area contributed by atoms with E-state index in [1.54, 1.807) is 0 Å². The minimum Gasteiger partial charge on any atom is -0.461 e. The van der Waals surface area contributed by atoms with Crippen LogP contribution in [0.5, 0.6) is 5.75 Å². The highest BCUT2D eigenvalue weighted by atomic mass is 16.5. The largest absolute Gasteiger partial charge is 0.461 e. The average Bonchev–Trinajstić information content (AvgIpc) is 4.43. The van der Waals surface area contributed by atoms with Gasteiger partial charge in [0, 0.05) is 118 Å². The van der Waals surface area contributed by atoms with Crippen molar-refractivity contribution in [3.63, 3.8) is 0 Å². The molecule has 4 aliphatic rings.